The van der Waals surface area contributed by atoms with Crippen LogP contribution in [0.5, 0.6) is 0 Å². The second kappa shape index (κ2) is 2.40. The quantitative estimate of drug-likeness (QED) is 0.578. The summed E-state index contributed by atoms with van der Waals surface area (Å²) in [7, 11) is 0. The lowest BCUT2D eigenvalue weighted by Gasteiger charge is -2.03. The molecule has 0 saturated carbocycles. The molecular formula is C10H15N. The fourth-order valence-electron chi connectivity index (χ4n) is 2.09. The summed E-state index contributed by atoms with van der Waals surface area (Å²) < 4.78 is 2.41. The van der Waals surface area contributed by atoms with Crippen LogP contribution in [-0.4, -0.2) is 4.57 Å². The van der Waals surface area contributed by atoms with Gasteiger partial charge in [0.1, 0.15) is 0 Å². The third-order valence-electron chi connectivity index (χ3n) is 2.74. The van der Waals surface area contributed by atoms with E-state index in [1.54, 1.807) is 11.3 Å². The highest BCUT2D eigenvalue weighted by molar-refractivity contribution is 5.27. The number of hydrogen-bond acceptors (Lipinski definition) is 0. The van der Waals surface area contributed by atoms with E-state index in [4.69, 9.17) is 0 Å². The number of hydrogen-bond donors (Lipinski definition) is 0. The van der Waals surface area contributed by atoms with Gasteiger partial charge in [-0.15, -0.1) is 0 Å². The van der Waals surface area contributed by atoms with Gasteiger partial charge in [-0.25, -0.2) is 0 Å². The van der Waals surface area contributed by atoms with Crippen LogP contribution < -0.4 is 0 Å². The summed E-state index contributed by atoms with van der Waals surface area (Å²) in [5, 5.41) is 0. The maximum atomic E-state index is 2.41. The van der Waals surface area contributed by atoms with E-state index in [0.717, 1.165) is 5.92 Å². The van der Waals surface area contributed by atoms with Crippen LogP contribution in [0, 0.1) is 0 Å². The SMILES string of the molecule is CCc1ccn2c1C(C)CC2. The van der Waals surface area contributed by atoms with Crippen molar-refractivity contribution >= 4 is 0 Å². The first-order chi connectivity index (χ1) is 5.33. The molecule has 0 amide bonds. The van der Waals surface area contributed by atoms with Crippen molar-refractivity contribution in [1.82, 2.24) is 4.57 Å². The number of aryl methyl sites for hydroxylation is 2. The van der Waals surface area contributed by atoms with Crippen LogP contribution in [0.2, 0.25) is 0 Å². The Balaban J connectivity index is 2.46. The van der Waals surface area contributed by atoms with Gasteiger partial charge in [-0.05, 0) is 30.4 Å². The molecule has 0 N–H and O–H groups in total. The Kier molecular flexibility index (Phi) is 1.52. The zero-order chi connectivity index (χ0) is 7.84. The standard InChI is InChI=1S/C10H15N/c1-3-9-5-7-11-6-4-8(2)10(9)11/h5,7-8H,3-4,6H2,1-2H3. The highest BCUT2D eigenvalue weighted by Crippen LogP contribution is 2.31. The van der Waals surface area contributed by atoms with E-state index in [1.165, 1.54) is 19.4 Å². The second-order valence-corrected chi connectivity index (χ2v) is 3.46. The smallest absolute Gasteiger partial charge is 0.0235 e. The van der Waals surface area contributed by atoms with E-state index in [-0.39, 0.29) is 0 Å². The first-order valence-electron chi connectivity index (χ1n) is 4.50. The van der Waals surface area contributed by atoms with Crippen LogP contribution >= 0.6 is 0 Å². The first kappa shape index (κ1) is 6.96. The number of aromatic nitrogens is 1. The molecule has 1 aromatic rings. The van der Waals surface area contributed by atoms with Crippen LogP contribution in [0.4, 0.5) is 0 Å². The van der Waals surface area contributed by atoms with E-state index in [0.29, 0.717) is 0 Å². The van der Waals surface area contributed by atoms with Gasteiger partial charge >= 0.3 is 0 Å². The molecule has 60 valence electrons. The molecule has 0 aromatic carbocycles. The fraction of sp³-hybridized carbons (Fsp3) is 0.600. The van der Waals surface area contributed by atoms with Crippen molar-refractivity contribution in [1.29, 1.82) is 0 Å². The first-order valence-corrected chi connectivity index (χ1v) is 4.50. The summed E-state index contributed by atoms with van der Waals surface area (Å²) in [6.07, 6.45) is 4.76. The minimum Gasteiger partial charge on any atom is -0.351 e. The van der Waals surface area contributed by atoms with Crippen molar-refractivity contribution in [2.75, 3.05) is 0 Å². The lowest BCUT2D eigenvalue weighted by Crippen LogP contribution is -1.92. The molecule has 0 aliphatic carbocycles. The van der Waals surface area contributed by atoms with Crippen molar-refractivity contribution < 1.29 is 0 Å². The van der Waals surface area contributed by atoms with Crippen LogP contribution in [0.15, 0.2) is 12.3 Å². The van der Waals surface area contributed by atoms with Crippen LogP contribution in [0.3, 0.4) is 0 Å². The second-order valence-electron chi connectivity index (χ2n) is 3.46. The molecule has 1 heteroatoms. The summed E-state index contributed by atoms with van der Waals surface area (Å²) in [5.41, 5.74) is 3.14. The Hall–Kier alpha value is -0.720. The molecular weight excluding hydrogens is 134 g/mol. The van der Waals surface area contributed by atoms with Gasteiger partial charge < -0.3 is 4.57 Å². The van der Waals surface area contributed by atoms with Crippen LogP contribution in [0.25, 0.3) is 0 Å². The van der Waals surface area contributed by atoms with Crippen molar-refractivity contribution in [3.63, 3.8) is 0 Å². The Morgan fingerprint density at radius 1 is 1.64 bits per heavy atom. The van der Waals surface area contributed by atoms with Gasteiger partial charge in [0, 0.05) is 18.4 Å². The Bertz CT molecular complexity index is 260. The summed E-state index contributed by atoms with van der Waals surface area (Å²) in [6, 6.07) is 2.27. The van der Waals surface area contributed by atoms with Gasteiger partial charge in [0.15, 0.2) is 0 Å². The molecule has 0 fully saturated rings. The normalized spacial score (nSPS) is 22.2. The lowest BCUT2D eigenvalue weighted by molar-refractivity contribution is 0.702. The summed E-state index contributed by atoms with van der Waals surface area (Å²) in [4.78, 5) is 0. The van der Waals surface area contributed by atoms with Gasteiger partial charge in [0.2, 0.25) is 0 Å². The molecule has 0 saturated heterocycles. The minimum atomic E-state index is 0.792. The third-order valence-corrected chi connectivity index (χ3v) is 2.74. The summed E-state index contributed by atoms with van der Waals surface area (Å²) >= 11 is 0. The average molecular weight is 149 g/mol. The van der Waals surface area contributed by atoms with Crippen LogP contribution in [-0.2, 0) is 13.0 Å². The molecule has 11 heavy (non-hydrogen) atoms. The molecule has 2 rings (SSSR count). The molecule has 2 heterocycles. The van der Waals surface area contributed by atoms with Gasteiger partial charge in [-0.1, -0.05) is 13.8 Å². The highest BCUT2D eigenvalue weighted by atomic mass is 15.0. The molecule has 1 unspecified atom stereocenters. The molecule has 1 atom stereocenters. The van der Waals surface area contributed by atoms with E-state index in [1.807, 2.05) is 0 Å². The number of nitrogens with zero attached hydrogens (tertiary/aromatic N) is 1. The van der Waals surface area contributed by atoms with Gasteiger partial charge in [-0.2, -0.15) is 0 Å². The van der Waals surface area contributed by atoms with E-state index < -0.39 is 0 Å². The van der Waals surface area contributed by atoms with Crippen molar-refractivity contribution in [2.24, 2.45) is 0 Å². The molecule has 1 nitrogen and oxygen atoms in total. The van der Waals surface area contributed by atoms with Gasteiger partial charge in [0.25, 0.3) is 0 Å². The monoisotopic (exact) mass is 149 g/mol. The Labute approximate surface area is 68.0 Å². The summed E-state index contributed by atoms with van der Waals surface area (Å²) in [5.74, 6) is 0.792. The number of rotatable bonds is 1. The topological polar surface area (TPSA) is 4.93 Å². The van der Waals surface area contributed by atoms with E-state index in [9.17, 15) is 0 Å². The van der Waals surface area contributed by atoms with E-state index >= 15 is 0 Å². The molecule has 0 spiro atoms. The minimum absolute atomic E-state index is 0.792. The summed E-state index contributed by atoms with van der Waals surface area (Å²) in [6.45, 7) is 5.80. The zero-order valence-corrected chi connectivity index (χ0v) is 7.30. The van der Waals surface area contributed by atoms with Crippen molar-refractivity contribution in [3.05, 3.63) is 23.5 Å². The number of fused-ring (bicyclic) bond motifs is 1. The fourth-order valence-corrected chi connectivity index (χ4v) is 2.09. The van der Waals surface area contributed by atoms with Crippen molar-refractivity contribution in [3.8, 4) is 0 Å². The molecule has 0 bridgehead atoms. The third kappa shape index (κ3) is 0.907. The maximum absolute atomic E-state index is 2.41. The molecule has 1 aromatic heterocycles. The maximum Gasteiger partial charge on any atom is 0.0235 e. The predicted octanol–water partition coefficient (Wildman–Crippen LogP) is 2.56. The molecule has 0 radical (unpaired) electrons. The lowest BCUT2D eigenvalue weighted by atomic mass is 10.0. The van der Waals surface area contributed by atoms with Gasteiger partial charge in [0.05, 0.1) is 0 Å². The zero-order valence-electron chi connectivity index (χ0n) is 7.30. The Morgan fingerprint density at radius 3 is 3.18 bits per heavy atom. The molecule has 1 aliphatic rings. The average Bonchev–Trinajstić information content (AvgIpc) is 2.54. The predicted molar refractivity (Wildman–Crippen MR) is 46.8 cm³/mol. The molecule has 1 aliphatic heterocycles. The van der Waals surface area contributed by atoms with E-state index in [2.05, 4.69) is 30.7 Å². The Morgan fingerprint density at radius 2 is 2.45 bits per heavy atom. The van der Waals surface area contributed by atoms with Crippen LogP contribution in [0.1, 0.15) is 37.4 Å². The highest BCUT2D eigenvalue weighted by Gasteiger charge is 2.20. The van der Waals surface area contributed by atoms with Crippen molar-refractivity contribution in [2.45, 2.75) is 39.2 Å². The largest absolute Gasteiger partial charge is 0.351 e. The van der Waals surface area contributed by atoms with Gasteiger partial charge in [-0.3, -0.25) is 0 Å².